The predicted molar refractivity (Wildman–Crippen MR) is 80.7 cm³/mol. The van der Waals surface area contributed by atoms with Crippen molar-refractivity contribution in [3.05, 3.63) is 11.9 Å². The quantitative estimate of drug-likeness (QED) is 0.788. The number of nitrogens with zero attached hydrogens (tertiary/aromatic N) is 2. The van der Waals surface area contributed by atoms with E-state index in [0.29, 0.717) is 12.0 Å². The van der Waals surface area contributed by atoms with Gasteiger partial charge in [0.05, 0.1) is 0 Å². The van der Waals surface area contributed by atoms with Gasteiger partial charge in [-0.3, -0.25) is 0 Å². The smallest absolute Gasteiger partial charge is 0.136 e. The average Bonchev–Trinajstić information content (AvgIpc) is 3.20. The maximum Gasteiger partial charge on any atom is 0.136 e. The highest BCUT2D eigenvalue weighted by Gasteiger charge is 2.27. The molecule has 0 radical (unpaired) electrons. The van der Waals surface area contributed by atoms with Gasteiger partial charge in [0.15, 0.2) is 0 Å². The first kappa shape index (κ1) is 14.1. The molecule has 2 N–H and O–H groups in total. The fraction of sp³-hybridized carbons (Fsp3) is 0.733. The highest BCUT2D eigenvalue weighted by molar-refractivity contribution is 5.48. The van der Waals surface area contributed by atoms with Crippen LogP contribution >= 0.6 is 0 Å². The Labute approximate surface area is 116 Å². The van der Waals surface area contributed by atoms with Crippen molar-refractivity contribution in [2.45, 2.75) is 58.4 Å². The number of aromatic nitrogens is 2. The Morgan fingerprint density at radius 1 is 1.16 bits per heavy atom. The van der Waals surface area contributed by atoms with Crippen molar-refractivity contribution in [2.75, 3.05) is 17.7 Å². The molecule has 0 bridgehead atoms. The summed E-state index contributed by atoms with van der Waals surface area (Å²) in [6.45, 7) is 6.75. The van der Waals surface area contributed by atoms with E-state index in [1.165, 1.54) is 25.7 Å². The van der Waals surface area contributed by atoms with Gasteiger partial charge in [-0.15, -0.1) is 0 Å². The summed E-state index contributed by atoms with van der Waals surface area (Å²) in [5, 5.41) is 6.63. The minimum atomic E-state index is 0.453. The molecule has 1 aliphatic carbocycles. The minimum Gasteiger partial charge on any atom is -0.373 e. The zero-order chi connectivity index (χ0) is 13.8. The van der Waals surface area contributed by atoms with E-state index < -0.39 is 0 Å². The van der Waals surface area contributed by atoms with Gasteiger partial charge in [-0.05, 0) is 38.5 Å². The van der Waals surface area contributed by atoms with E-state index in [9.17, 15) is 0 Å². The van der Waals surface area contributed by atoms with Crippen LogP contribution in [0.3, 0.4) is 0 Å². The fourth-order valence-corrected chi connectivity index (χ4v) is 2.10. The topological polar surface area (TPSA) is 49.8 Å². The van der Waals surface area contributed by atoms with Crippen LogP contribution in [-0.2, 0) is 0 Å². The van der Waals surface area contributed by atoms with Crippen LogP contribution in [0.1, 0.15) is 58.2 Å². The van der Waals surface area contributed by atoms with Crippen LogP contribution in [0.15, 0.2) is 6.07 Å². The van der Waals surface area contributed by atoms with E-state index in [1.807, 2.05) is 13.1 Å². The van der Waals surface area contributed by atoms with Crippen LogP contribution in [-0.4, -0.2) is 23.1 Å². The van der Waals surface area contributed by atoms with Crippen LogP contribution in [0.5, 0.6) is 0 Å². The Kier molecular flexibility index (Phi) is 4.61. The monoisotopic (exact) mass is 262 g/mol. The van der Waals surface area contributed by atoms with Gasteiger partial charge in [0.2, 0.25) is 0 Å². The molecule has 1 atom stereocenters. The molecule has 1 aromatic rings. The van der Waals surface area contributed by atoms with Gasteiger partial charge in [0.1, 0.15) is 17.5 Å². The van der Waals surface area contributed by atoms with Crippen LogP contribution < -0.4 is 10.6 Å². The van der Waals surface area contributed by atoms with Gasteiger partial charge >= 0.3 is 0 Å². The standard InChI is InChI=1S/C15H26N4/c1-10(2)5-6-11(3)17-14-9-13(16-4)18-15(19-14)12-7-8-12/h9-12H,5-8H2,1-4H3,(H2,16,17,18,19). The SMILES string of the molecule is CNc1cc(NC(C)CCC(C)C)nc(C2CC2)n1. The lowest BCUT2D eigenvalue weighted by Gasteiger charge is -2.16. The van der Waals surface area contributed by atoms with E-state index >= 15 is 0 Å². The van der Waals surface area contributed by atoms with Crippen molar-refractivity contribution in [1.82, 2.24) is 9.97 Å². The van der Waals surface area contributed by atoms with Crippen LogP contribution in [0.25, 0.3) is 0 Å². The van der Waals surface area contributed by atoms with E-state index in [2.05, 4.69) is 41.4 Å². The third-order valence-corrected chi connectivity index (χ3v) is 3.51. The molecule has 1 aliphatic rings. The fourth-order valence-electron chi connectivity index (χ4n) is 2.10. The summed E-state index contributed by atoms with van der Waals surface area (Å²) in [6, 6.07) is 2.45. The second-order valence-electron chi connectivity index (χ2n) is 6.04. The second kappa shape index (κ2) is 6.22. The van der Waals surface area contributed by atoms with E-state index in [4.69, 9.17) is 0 Å². The number of rotatable bonds is 7. The molecule has 2 rings (SSSR count). The van der Waals surface area contributed by atoms with Crippen LogP contribution in [0.2, 0.25) is 0 Å². The highest BCUT2D eigenvalue weighted by atomic mass is 15.1. The predicted octanol–water partition coefficient (Wildman–Crippen LogP) is 3.63. The number of anilines is 2. The molecular formula is C15H26N4. The van der Waals surface area contributed by atoms with Crippen molar-refractivity contribution in [3.63, 3.8) is 0 Å². The van der Waals surface area contributed by atoms with Gasteiger partial charge < -0.3 is 10.6 Å². The van der Waals surface area contributed by atoms with Crippen LogP contribution in [0.4, 0.5) is 11.6 Å². The molecule has 0 aromatic carbocycles. The molecule has 4 nitrogen and oxygen atoms in total. The summed E-state index contributed by atoms with van der Waals surface area (Å²) in [6.07, 6.45) is 4.88. The van der Waals surface area contributed by atoms with Crippen molar-refractivity contribution >= 4 is 11.6 Å². The summed E-state index contributed by atoms with van der Waals surface area (Å²) in [5.74, 6) is 4.20. The van der Waals surface area contributed by atoms with Crippen molar-refractivity contribution in [3.8, 4) is 0 Å². The largest absolute Gasteiger partial charge is 0.373 e. The minimum absolute atomic E-state index is 0.453. The molecule has 0 aliphatic heterocycles. The molecular weight excluding hydrogens is 236 g/mol. The molecule has 0 spiro atoms. The number of nitrogens with one attached hydrogen (secondary N) is 2. The zero-order valence-electron chi connectivity index (χ0n) is 12.5. The molecule has 0 amide bonds. The summed E-state index contributed by atoms with van der Waals surface area (Å²) in [4.78, 5) is 9.18. The van der Waals surface area contributed by atoms with Crippen molar-refractivity contribution < 1.29 is 0 Å². The van der Waals surface area contributed by atoms with E-state index in [0.717, 1.165) is 23.4 Å². The Morgan fingerprint density at radius 2 is 1.84 bits per heavy atom. The maximum absolute atomic E-state index is 4.65. The first-order chi connectivity index (χ1) is 9.08. The zero-order valence-corrected chi connectivity index (χ0v) is 12.5. The summed E-state index contributed by atoms with van der Waals surface area (Å²) >= 11 is 0. The Morgan fingerprint density at radius 3 is 2.42 bits per heavy atom. The normalized spacial score (nSPS) is 16.5. The first-order valence-corrected chi connectivity index (χ1v) is 7.41. The summed E-state index contributed by atoms with van der Waals surface area (Å²) < 4.78 is 0. The summed E-state index contributed by atoms with van der Waals surface area (Å²) in [7, 11) is 1.91. The molecule has 1 unspecified atom stereocenters. The third kappa shape index (κ3) is 4.37. The van der Waals surface area contributed by atoms with Gasteiger partial charge in [-0.1, -0.05) is 13.8 Å². The number of hydrogen-bond acceptors (Lipinski definition) is 4. The lowest BCUT2D eigenvalue weighted by atomic mass is 10.0. The average molecular weight is 262 g/mol. The Hall–Kier alpha value is -1.32. The molecule has 106 valence electrons. The van der Waals surface area contributed by atoms with Gasteiger partial charge in [0, 0.05) is 25.1 Å². The van der Waals surface area contributed by atoms with Gasteiger partial charge in [0.25, 0.3) is 0 Å². The molecule has 4 heteroatoms. The first-order valence-electron chi connectivity index (χ1n) is 7.41. The molecule has 1 saturated carbocycles. The van der Waals surface area contributed by atoms with E-state index in [1.54, 1.807) is 0 Å². The molecule has 1 heterocycles. The second-order valence-corrected chi connectivity index (χ2v) is 6.04. The number of hydrogen-bond donors (Lipinski definition) is 2. The van der Waals surface area contributed by atoms with Gasteiger partial charge in [-0.2, -0.15) is 0 Å². The molecule has 19 heavy (non-hydrogen) atoms. The molecule has 0 saturated heterocycles. The Balaban J connectivity index is 2.00. The van der Waals surface area contributed by atoms with Crippen LogP contribution in [0, 0.1) is 5.92 Å². The summed E-state index contributed by atoms with van der Waals surface area (Å²) in [5.41, 5.74) is 0. The van der Waals surface area contributed by atoms with Crippen molar-refractivity contribution in [2.24, 2.45) is 5.92 Å². The van der Waals surface area contributed by atoms with Gasteiger partial charge in [-0.25, -0.2) is 9.97 Å². The molecule has 1 aromatic heterocycles. The van der Waals surface area contributed by atoms with E-state index in [-0.39, 0.29) is 0 Å². The molecule has 1 fully saturated rings. The van der Waals surface area contributed by atoms with Crippen molar-refractivity contribution in [1.29, 1.82) is 0 Å². The third-order valence-electron chi connectivity index (χ3n) is 3.51. The Bertz CT molecular complexity index is 413. The maximum atomic E-state index is 4.65. The lowest BCUT2D eigenvalue weighted by Crippen LogP contribution is -2.17. The highest BCUT2D eigenvalue weighted by Crippen LogP contribution is 2.38. The lowest BCUT2D eigenvalue weighted by molar-refractivity contribution is 0.527.